The first-order valence-corrected chi connectivity index (χ1v) is 13.0. The van der Waals surface area contributed by atoms with Crippen LogP contribution in [0.1, 0.15) is 35.3 Å². The minimum absolute atomic E-state index is 0.124. The number of anilines is 2. The Bertz CT molecular complexity index is 1180. The van der Waals surface area contributed by atoms with Gasteiger partial charge in [0.05, 0.1) is 27.7 Å². The van der Waals surface area contributed by atoms with Crippen molar-refractivity contribution < 1.29 is 13.2 Å². The van der Waals surface area contributed by atoms with Crippen molar-refractivity contribution in [2.24, 2.45) is 0 Å². The van der Waals surface area contributed by atoms with E-state index in [0.29, 0.717) is 43.2 Å². The molecule has 0 atom stereocenters. The minimum atomic E-state index is -3.63. The van der Waals surface area contributed by atoms with Crippen molar-refractivity contribution in [3.05, 3.63) is 39.2 Å². The largest absolute Gasteiger partial charge is 0.389 e. The van der Waals surface area contributed by atoms with Crippen LogP contribution in [-0.4, -0.2) is 49.7 Å². The van der Waals surface area contributed by atoms with E-state index >= 15 is 0 Å². The average Bonchev–Trinajstić information content (AvgIpc) is 3.09. The van der Waals surface area contributed by atoms with Crippen molar-refractivity contribution >= 4 is 49.6 Å². The van der Waals surface area contributed by atoms with E-state index in [2.05, 4.69) is 11.4 Å². The number of amides is 1. The van der Waals surface area contributed by atoms with Crippen molar-refractivity contribution in [2.45, 2.75) is 37.1 Å². The molecule has 4 rings (SSSR count). The molecule has 2 aliphatic heterocycles. The molecule has 1 aromatic heterocycles. The van der Waals surface area contributed by atoms with Crippen molar-refractivity contribution in [1.82, 2.24) is 9.21 Å². The van der Waals surface area contributed by atoms with E-state index in [-0.39, 0.29) is 28.1 Å². The van der Waals surface area contributed by atoms with Gasteiger partial charge in [-0.2, -0.15) is 9.57 Å². The van der Waals surface area contributed by atoms with Crippen LogP contribution in [0.2, 0.25) is 5.02 Å². The van der Waals surface area contributed by atoms with Gasteiger partial charge in [0.2, 0.25) is 15.9 Å². The number of carbonyl (C=O) groups is 1. The summed E-state index contributed by atoms with van der Waals surface area (Å²) in [6.07, 6.45) is 3.38. The third kappa shape index (κ3) is 4.63. The van der Waals surface area contributed by atoms with Gasteiger partial charge < -0.3 is 11.1 Å². The summed E-state index contributed by atoms with van der Waals surface area (Å²) in [4.78, 5) is 15.8. The van der Waals surface area contributed by atoms with Crippen LogP contribution in [0.5, 0.6) is 0 Å². The number of hydrogen-bond acceptors (Lipinski definition) is 7. The summed E-state index contributed by atoms with van der Waals surface area (Å²) in [6.45, 7) is 2.30. The summed E-state index contributed by atoms with van der Waals surface area (Å²) < 4.78 is 27.4. The molecule has 1 saturated heterocycles. The number of rotatable bonds is 5. The molecule has 0 unspecified atom stereocenters. The molecule has 3 N–H and O–H groups in total. The molecule has 32 heavy (non-hydrogen) atoms. The summed E-state index contributed by atoms with van der Waals surface area (Å²) >= 11 is 7.63. The van der Waals surface area contributed by atoms with Crippen LogP contribution in [0.3, 0.4) is 0 Å². The Balaban J connectivity index is 1.44. The molecule has 1 aromatic carbocycles. The third-order valence-electron chi connectivity index (χ3n) is 5.81. The fourth-order valence-electron chi connectivity index (χ4n) is 4.14. The van der Waals surface area contributed by atoms with Gasteiger partial charge in [0.25, 0.3) is 0 Å². The van der Waals surface area contributed by atoms with Gasteiger partial charge in [-0.05, 0) is 43.0 Å². The topological polar surface area (TPSA) is 120 Å². The molecule has 170 valence electrons. The second-order valence-corrected chi connectivity index (χ2v) is 11.5. The predicted molar refractivity (Wildman–Crippen MR) is 125 cm³/mol. The van der Waals surface area contributed by atoms with E-state index in [1.807, 2.05) is 4.90 Å². The number of fused-ring (bicyclic) bond motifs is 1. The van der Waals surface area contributed by atoms with Crippen LogP contribution < -0.4 is 11.1 Å². The fraction of sp³-hybridized carbons (Fsp3) is 0.429. The van der Waals surface area contributed by atoms with Gasteiger partial charge in [0.15, 0.2) is 0 Å². The molecule has 0 saturated carbocycles. The summed E-state index contributed by atoms with van der Waals surface area (Å²) in [5.41, 5.74) is 7.73. The second kappa shape index (κ2) is 9.37. The van der Waals surface area contributed by atoms with Gasteiger partial charge >= 0.3 is 0 Å². The lowest BCUT2D eigenvalue weighted by Crippen LogP contribution is -2.37. The Morgan fingerprint density at radius 2 is 2.00 bits per heavy atom. The number of benzene rings is 1. The van der Waals surface area contributed by atoms with E-state index in [0.717, 1.165) is 29.7 Å². The Morgan fingerprint density at radius 1 is 1.25 bits per heavy atom. The monoisotopic (exact) mass is 493 g/mol. The number of nitrogens with one attached hydrogen (secondary N) is 1. The molecule has 2 aliphatic rings. The van der Waals surface area contributed by atoms with E-state index < -0.39 is 10.0 Å². The van der Waals surface area contributed by atoms with Gasteiger partial charge in [0, 0.05) is 31.1 Å². The number of thiophene rings is 1. The molecular formula is C21H24ClN5O3S2. The van der Waals surface area contributed by atoms with Crippen LogP contribution in [-0.2, 0) is 27.8 Å². The summed E-state index contributed by atoms with van der Waals surface area (Å²) in [7, 11) is -3.63. The first-order chi connectivity index (χ1) is 15.3. The van der Waals surface area contributed by atoms with E-state index in [9.17, 15) is 18.5 Å². The average molecular weight is 494 g/mol. The highest BCUT2D eigenvalue weighted by Crippen LogP contribution is 2.34. The zero-order valence-corrected chi connectivity index (χ0v) is 19.8. The molecule has 0 radical (unpaired) electrons. The van der Waals surface area contributed by atoms with E-state index in [1.54, 1.807) is 0 Å². The van der Waals surface area contributed by atoms with E-state index in [4.69, 9.17) is 17.3 Å². The number of hydrogen-bond donors (Lipinski definition) is 2. The van der Waals surface area contributed by atoms with Crippen LogP contribution in [0.25, 0.3) is 0 Å². The number of nitrogens with two attached hydrogens (primary N) is 1. The molecule has 3 heterocycles. The maximum atomic E-state index is 13.0. The predicted octanol–water partition coefficient (Wildman–Crippen LogP) is 3.03. The number of halogens is 1. The van der Waals surface area contributed by atoms with E-state index in [1.165, 1.54) is 33.8 Å². The number of nitrogen functional groups attached to an aromatic ring is 1. The number of piperidine rings is 1. The smallest absolute Gasteiger partial charge is 0.243 e. The minimum Gasteiger partial charge on any atom is -0.389 e. The summed E-state index contributed by atoms with van der Waals surface area (Å²) in [5.74, 6) is -0.284. The summed E-state index contributed by atoms with van der Waals surface area (Å²) in [6, 6.07) is 6.56. The fourth-order valence-corrected chi connectivity index (χ4v) is 6.96. The van der Waals surface area contributed by atoms with Crippen LogP contribution in [0, 0.1) is 11.3 Å². The molecular weight excluding hydrogens is 470 g/mol. The molecule has 11 heteroatoms. The molecule has 1 fully saturated rings. The summed E-state index contributed by atoms with van der Waals surface area (Å²) in [5, 5.41) is 12.8. The Hall–Kier alpha value is -2.16. The van der Waals surface area contributed by atoms with Crippen molar-refractivity contribution in [1.29, 1.82) is 5.26 Å². The van der Waals surface area contributed by atoms with Gasteiger partial charge in [0.1, 0.15) is 11.1 Å². The standard InChI is InChI=1S/C21H24ClN5O3S2/c22-17-5-4-14(32(29,30)27-7-2-1-3-8-27)10-18(17)25-20(28)13-26-9-6-15-16(11-23)21(24)31-19(15)12-26/h4-5,10H,1-3,6-9,12-13,24H2,(H,25,28). The zero-order chi connectivity index (χ0) is 22.9. The number of sulfonamides is 1. The van der Waals surface area contributed by atoms with Crippen molar-refractivity contribution in [3.63, 3.8) is 0 Å². The van der Waals surface area contributed by atoms with Gasteiger partial charge in [-0.1, -0.05) is 18.0 Å². The molecule has 0 spiro atoms. The van der Waals surface area contributed by atoms with Crippen LogP contribution in [0.4, 0.5) is 10.7 Å². The molecule has 0 aliphatic carbocycles. The Morgan fingerprint density at radius 3 is 2.72 bits per heavy atom. The number of carbonyl (C=O) groups excluding carboxylic acids is 1. The van der Waals surface area contributed by atoms with Crippen LogP contribution >= 0.6 is 22.9 Å². The number of nitriles is 1. The Kier molecular flexibility index (Phi) is 6.74. The highest BCUT2D eigenvalue weighted by Gasteiger charge is 2.27. The van der Waals surface area contributed by atoms with Crippen molar-refractivity contribution in [3.8, 4) is 6.07 Å². The van der Waals surface area contributed by atoms with Gasteiger partial charge in [-0.25, -0.2) is 8.42 Å². The lowest BCUT2D eigenvalue weighted by Gasteiger charge is -2.27. The maximum absolute atomic E-state index is 13.0. The number of nitrogens with zero attached hydrogens (tertiary/aromatic N) is 3. The normalized spacial score (nSPS) is 17.5. The van der Waals surface area contributed by atoms with Crippen LogP contribution in [0.15, 0.2) is 23.1 Å². The van der Waals surface area contributed by atoms with Crippen molar-refractivity contribution in [2.75, 3.05) is 37.2 Å². The van der Waals surface area contributed by atoms with Gasteiger partial charge in [-0.3, -0.25) is 9.69 Å². The molecule has 2 aromatic rings. The zero-order valence-electron chi connectivity index (χ0n) is 17.4. The lowest BCUT2D eigenvalue weighted by molar-refractivity contribution is -0.117. The highest BCUT2D eigenvalue weighted by molar-refractivity contribution is 7.89. The Labute approximate surface area is 196 Å². The quantitative estimate of drug-likeness (QED) is 0.660. The third-order valence-corrected chi connectivity index (χ3v) is 9.08. The highest BCUT2D eigenvalue weighted by atomic mass is 35.5. The lowest BCUT2D eigenvalue weighted by atomic mass is 10.0. The maximum Gasteiger partial charge on any atom is 0.243 e. The molecule has 8 nitrogen and oxygen atoms in total. The van der Waals surface area contributed by atoms with Gasteiger partial charge in [-0.15, -0.1) is 11.3 Å². The SMILES string of the molecule is N#Cc1c(N)sc2c1CCN(CC(=O)Nc1cc(S(=O)(=O)N3CCCCC3)ccc1Cl)C2. The second-order valence-electron chi connectivity index (χ2n) is 7.97. The first-order valence-electron chi connectivity index (χ1n) is 10.4. The first kappa shape index (κ1) is 23.0. The molecule has 1 amide bonds. The molecule has 0 bridgehead atoms.